The Labute approximate surface area is 129 Å². The zero-order valence-electron chi connectivity index (χ0n) is 12.4. The normalized spacial score (nSPS) is 12.5. The largest absolute Gasteiger partial charge is 0.480 e. The number of aromatic nitrogens is 2. The van der Waals surface area contributed by atoms with Crippen LogP contribution in [0.1, 0.15) is 47.4 Å². The minimum atomic E-state index is -1.13. The summed E-state index contributed by atoms with van der Waals surface area (Å²) in [7, 11) is 0. The predicted molar refractivity (Wildman–Crippen MR) is 81.9 cm³/mol. The third kappa shape index (κ3) is 2.50. The molecule has 0 radical (unpaired) electrons. The Morgan fingerprint density at radius 3 is 2.50 bits per heavy atom. The van der Waals surface area contributed by atoms with Gasteiger partial charge in [0.2, 0.25) is 0 Å². The minimum Gasteiger partial charge on any atom is -0.480 e. The maximum atomic E-state index is 12.7. The van der Waals surface area contributed by atoms with Crippen molar-refractivity contribution in [2.24, 2.45) is 0 Å². The number of thiophene rings is 1. The standard InChI is InChI=1S/C14H16N2O5S/c1-4-5-8-15-11-9(6(2)10(22-11)14(20)21)12(17)16(8)7(3)13(18)19/h7H,4-5H2,1-3H3,(H,18,19)(H,20,21). The summed E-state index contributed by atoms with van der Waals surface area (Å²) in [6.07, 6.45) is 1.14. The van der Waals surface area contributed by atoms with Gasteiger partial charge in [0.1, 0.15) is 21.6 Å². The van der Waals surface area contributed by atoms with Crippen molar-refractivity contribution in [2.75, 3.05) is 0 Å². The highest BCUT2D eigenvalue weighted by Crippen LogP contribution is 2.28. The molecule has 0 amide bonds. The molecule has 8 heteroatoms. The van der Waals surface area contributed by atoms with Gasteiger partial charge in [-0.3, -0.25) is 9.36 Å². The Kier molecular flexibility index (Phi) is 4.32. The van der Waals surface area contributed by atoms with E-state index in [2.05, 4.69) is 4.98 Å². The lowest BCUT2D eigenvalue weighted by Crippen LogP contribution is -2.31. The fraction of sp³-hybridized carbons (Fsp3) is 0.429. The van der Waals surface area contributed by atoms with E-state index in [0.29, 0.717) is 29.1 Å². The summed E-state index contributed by atoms with van der Waals surface area (Å²) in [4.78, 5) is 39.9. The highest BCUT2D eigenvalue weighted by atomic mass is 32.1. The maximum Gasteiger partial charge on any atom is 0.346 e. The first-order chi connectivity index (χ1) is 10.3. The van der Waals surface area contributed by atoms with Crippen molar-refractivity contribution in [1.82, 2.24) is 9.55 Å². The molecule has 0 saturated carbocycles. The Balaban J connectivity index is 2.88. The SMILES string of the molecule is CCCc1nc2sc(C(=O)O)c(C)c2c(=O)n1C(C)C(=O)O. The van der Waals surface area contributed by atoms with Gasteiger partial charge < -0.3 is 10.2 Å². The van der Waals surface area contributed by atoms with Crippen LogP contribution in [0.25, 0.3) is 10.2 Å². The summed E-state index contributed by atoms with van der Waals surface area (Å²) in [5.41, 5.74) is -0.163. The van der Waals surface area contributed by atoms with E-state index in [1.54, 1.807) is 6.92 Å². The third-order valence-corrected chi connectivity index (χ3v) is 4.66. The Hall–Kier alpha value is -2.22. The van der Waals surface area contributed by atoms with Crippen molar-refractivity contribution < 1.29 is 19.8 Å². The Morgan fingerprint density at radius 1 is 1.36 bits per heavy atom. The van der Waals surface area contributed by atoms with Gasteiger partial charge in [-0.25, -0.2) is 14.6 Å². The number of carboxylic acids is 2. The first-order valence-electron chi connectivity index (χ1n) is 6.80. The monoisotopic (exact) mass is 324 g/mol. The van der Waals surface area contributed by atoms with Crippen LogP contribution in [0.2, 0.25) is 0 Å². The zero-order chi connectivity index (χ0) is 16.6. The van der Waals surface area contributed by atoms with Crippen LogP contribution in [0.4, 0.5) is 0 Å². The van der Waals surface area contributed by atoms with Crippen LogP contribution in [0.5, 0.6) is 0 Å². The van der Waals surface area contributed by atoms with Crippen LogP contribution in [0.15, 0.2) is 4.79 Å². The number of fused-ring (bicyclic) bond motifs is 1. The van der Waals surface area contributed by atoms with Gasteiger partial charge in [0.05, 0.1) is 5.39 Å². The molecule has 0 aromatic carbocycles. The van der Waals surface area contributed by atoms with E-state index < -0.39 is 23.5 Å². The second-order valence-corrected chi connectivity index (χ2v) is 6.01. The molecule has 1 unspecified atom stereocenters. The molecule has 0 aliphatic carbocycles. The Bertz CT molecular complexity index is 821. The molecule has 0 saturated heterocycles. The highest BCUT2D eigenvalue weighted by molar-refractivity contribution is 7.20. The lowest BCUT2D eigenvalue weighted by atomic mass is 10.2. The fourth-order valence-corrected chi connectivity index (χ4v) is 3.38. The minimum absolute atomic E-state index is 0.0581. The molecule has 2 aromatic heterocycles. The molecule has 2 heterocycles. The van der Waals surface area contributed by atoms with Crippen molar-refractivity contribution in [3.8, 4) is 0 Å². The van der Waals surface area contributed by atoms with Crippen molar-refractivity contribution in [1.29, 1.82) is 0 Å². The lowest BCUT2D eigenvalue weighted by Gasteiger charge is -2.15. The van der Waals surface area contributed by atoms with Gasteiger partial charge in [-0.05, 0) is 25.8 Å². The van der Waals surface area contributed by atoms with Crippen LogP contribution in [0, 0.1) is 6.92 Å². The van der Waals surface area contributed by atoms with Crippen molar-refractivity contribution >= 4 is 33.5 Å². The van der Waals surface area contributed by atoms with Gasteiger partial charge in [-0.1, -0.05) is 6.92 Å². The lowest BCUT2D eigenvalue weighted by molar-refractivity contribution is -0.140. The molecule has 118 valence electrons. The number of hydrogen-bond acceptors (Lipinski definition) is 5. The van der Waals surface area contributed by atoms with Gasteiger partial charge in [0.15, 0.2) is 0 Å². The number of hydrogen-bond donors (Lipinski definition) is 2. The molecule has 2 aromatic rings. The van der Waals surface area contributed by atoms with Crippen LogP contribution in [0.3, 0.4) is 0 Å². The molecule has 0 spiro atoms. The van der Waals surface area contributed by atoms with Crippen molar-refractivity contribution in [2.45, 2.75) is 39.7 Å². The molecule has 2 rings (SSSR count). The average molecular weight is 324 g/mol. The van der Waals surface area contributed by atoms with Gasteiger partial charge in [0.25, 0.3) is 5.56 Å². The maximum absolute atomic E-state index is 12.7. The molecule has 22 heavy (non-hydrogen) atoms. The van der Waals surface area contributed by atoms with E-state index in [1.165, 1.54) is 6.92 Å². The van der Waals surface area contributed by atoms with Crippen LogP contribution < -0.4 is 5.56 Å². The fourth-order valence-electron chi connectivity index (χ4n) is 2.35. The van der Waals surface area contributed by atoms with E-state index in [4.69, 9.17) is 0 Å². The molecule has 7 nitrogen and oxygen atoms in total. The third-order valence-electron chi connectivity index (χ3n) is 3.48. The summed E-state index contributed by atoms with van der Waals surface area (Å²) < 4.78 is 1.15. The summed E-state index contributed by atoms with van der Waals surface area (Å²) in [5, 5.41) is 18.6. The van der Waals surface area contributed by atoms with Gasteiger partial charge >= 0.3 is 11.9 Å². The molecule has 0 bridgehead atoms. The molecule has 0 aliphatic heterocycles. The number of aromatic carboxylic acids is 1. The van der Waals surface area contributed by atoms with Crippen LogP contribution in [-0.4, -0.2) is 31.7 Å². The van der Waals surface area contributed by atoms with Crippen molar-refractivity contribution in [3.05, 3.63) is 26.6 Å². The topological polar surface area (TPSA) is 109 Å². The van der Waals surface area contributed by atoms with Crippen LogP contribution >= 0.6 is 11.3 Å². The molecular weight excluding hydrogens is 308 g/mol. The highest BCUT2D eigenvalue weighted by Gasteiger charge is 2.25. The van der Waals surface area contributed by atoms with E-state index in [1.807, 2.05) is 6.92 Å². The summed E-state index contributed by atoms with van der Waals surface area (Å²) in [6, 6.07) is -1.06. The van der Waals surface area contributed by atoms with Crippen molar-refractivity contribution in [3.63, 3.8) is 0 Å². The summed E-state index contributed by atoms with van der Waals surface area (Å²) >= 11 is 0.944. The number of rotatable bonds is 5. The second kappa shape index (κ2) is 5.88. The molecule has 0 aliphatic rings. The quantitative estimate of drug-likeness (QED) is 0.871. The zero-order valence-corrected chi connectivity index (χ0v) is 13.2. The van der Waals surface area contributed by atoms with Gasteiger partial charge in [-0.2, -0.15) is 0 Å². The Morgan fingerprint density at radius 2 is 2.00 bits per heavy atom. The molecular formula is C14H16N2O5S. The predicted octanol–water partition coefficient (Wildman–Crippen LogP) is 2.06. The smallest absolute Gasteiger partial charge is 0.346 e. The van der Waals surface area contributed by atoms with Crippen LogP contribution in [-0.2, 0) is 11.2 Å². The summed E-state index contributed by atoms with van der Waals surface area (Å²) in [5.74, 6) is -1.88. The number of carboxylic acid groups (broad SMARTS) is 2. The van der Waals surface area contributed by atoms with E-state index in [0.717, 1.165) is 15.9 Å². The van der Waals surface area contributed by atoms with Gasteiger partial charge in [-0.15, -0.1) is 11.3 Å². The molecule has 2 N–H and O–H groups in total. The molecule has 0 fully saturated rings. The first kappa shape index (κ1) is 16.2. The average Bonchev–Trinajstić information content (AvgIpc) is 2.76. The number of carbonyl (C=O) groups is 2. The molecule has 1 atom stereocenters. The number of aryl methyl sites for hydroxylation is 2. The van der Waals surface area contributed by atoms with E-state index >= 15 is 0 Å². The van der Waals surface area contributed by atoms with Gasteiger partial charge in [0, 0.05) is 6.42 Å². The van der Waals surface area contributed by atoms with E-state index in [9.17, 15) is 24.6 Å². The summed E-state index contributed by atoms with van der Waals surface area (Å²) in [6.45, 7) is 4.85. The number of nitrogens with zero attached hydrogens (tertiary/aromatic N) is 2. The second-order valence-electron chi connectivity index (χ2n) is 5.01. The number of aliphatic carboxylic acids is 1. The van der Waals surface area contributed by atoms with E-state index in [-0.39, 0.29) is 10.3 Å². The first-order valence-corrected chi connectivity index (χ1v) is 7.61.